The van der Waals surface area contributed by atoms with Crippen LogP contribution in [0.2, 0.25) is 5.02 Å². The van der Waals surface area contributed by atoms with Crippen molar-refractivity contribution in [2.75, 3.05) is 30.3 Å². The average molecular weight is 304 g/mol. The summed E-state index contributed by atoms with van der Waals surface area (Å²) in [7, 11) is 0. The number of halogens is 1. The molecule has 2 atom stereocenters. The fourth-order valence-electron chi connectivity index (χ4n) is 1.89. The van der Waals surface area contributed by atoms with E-state index in [1.807, 2.05) is 47.8 Å². The number of nitrogens with one attached hydrogen (secondary N) is 1. The lowest BCUT2D eigenvalue weighted by Gasteiger charge is -2.22. The average Bonchev–Trinajstić information content (AvgIpc) is 2.40. The Balaban J connectivity index is 1.74. The van der Waals surface area contributed by atoms with Crippen molar-refractivity contribution in [2.45, 2.75) is 11.4 Å². The molecule has 2 rings (SSSR count). The standard InChI is InChI=1S/C13H18ClNOS2/c14-12-4-2-1-3-11(12)13(16)8-15-7-10-9-17-5-6-18-10/h1-4,10,13,15-16H,5-9H2. The van der Waals surface area contributed by atoms with Gasteiger partial charge in [0.25, 0.3) is 0 Å². The third-order valence-electron chi connectivity index (χ3n) is 2.86. The van der Waals surface area contributed by atoms with Crippen molar-refractivity contribution in [3.05, 3.63) is 34.9 Å². The van der Waals surface area contributed by atoms with E-state index in [0.717, 1.165) is 12.1 Å². The van der Waals surface area contributed by atoms with Crippen LogP contribution in [0, 0.1) is 0 Å². The Morgan fingerprint density at radius 1 is 1.39 bits per heavy atom. The first-order valence-corrected chi connectivity index (χ1v) is 8.68. The van der Waals surface area contributed by atoms with Gasteiger partial charge in [0.2, 0.25) is 0 Å². The molecule has 0 spiro atoms. The van der Waals surface area contributed by atoms with E-state index >= 15 is 0 Å². The molecule has 100 valence electrons. The minimum Gasteiger partial charge on any atom is -0.387 e. The quantitative estimate of drug-likeness (QED) is 0.876. The molecule has 1 fully saturated rings. The van der Waals surface area contributed by atoms with Gasteiger partial charge in [0, 0.05) is 46.2 Å². The molecule has 18 heavy (non-hydrogen) atoms. The van der Waals surface area contributed by atoms with Gasteiger partial charge in [-0.25, -0.2) is 0 Å². The topological polar surface area (TPSA) is 32.3 Å². The van der Waals surface area contributed by atoms with Gasteiger partial charge in [0.1, 0.15) is 0 Å². The number of aliphatic hydroxyl groups is 1. The van der Waals surface area contributed by atoms with Crippen LogP contribution in [0.25, 0.3) is 0 Å². The summed E-state index contributed by atoms with van der Waals surface area (Å²) >= 11 is 10.1. The zero-order valence-electron chi connectivity index (χ0n) is 10.1. The van der Waals surface area contributed by atoms with Gasteiger partial charge < -0.3 is 10.4 Å². The summed E-state index contributed by atoms with van der Waals surface area (Å²) in [5, 5.41) is 14.7. The predicted molar refractivity (Wildman–Crippen MR) is 82.9 cm³/mol. The normalized spacial score (nSPS) is 21.8. The van der Waals surface area contributed by atoms with Crippen LogP contribution in [0.5, 0.6) is 0 Å². The maximum absolute atomic E-state index is 10.1. The molecule has 2 unspecified atom stereocenters. The largest absolute Gasteiger partial charge is 0.387 e. The molecule has 5 heteroatoms. The first-order chi connectivity index (χ1) is 8.77. The second-order valence-corrected chi connectivity index (χ2v) is 7.23. The highest BCUT2D eigenvalue weighted by molar-refractivity contribution is 8.06. The Labute approximate surface area is 122 Å². The van der Waals surface area contributed by atoms with Crippen molar-refractivity contribution < 1.29 is 5.11 Å². The van der Waals surface area contributed by atoms with Crippen molar-refractivity contribution >= 4 is 35.1 Å². The molecule has 1 aromatic carbocycles. The molecule has 0 radical (unpaired) electrons. The van der Waals surface area contributed by atoms with E-state index in [-0.39, 0.29) is 0 Å². The van der Waals surface area contributed by atoms with E-state index in [1.165, 1.54) is 17.3 Å². The first-order valence-electron chi connectivity index (χ1n) is 6.10. The Hall–Kier alpha value is 0.130. The highest BCUT2D eigenvalue weighted by Crippen LogP contribution is 2.24. The van der Waals surface area contributed by atoms with Crippen LogP contribution in [-0.2, 0) is 0 Å². The molecule has 0 aromatic heterocycles. The fraction of sp³-hybridized carbons (Fsp3) is 0.538. The lowest BCUT2D eigenvalue weighted by molar-refractivity contribution is 0.175. The molecule has 0 amide bonds. The first kappa shape index (κ1) is 14.5. The van der Waals surface area contributed by atoms with Crippen LogP contribution in [-0.4, -0.2) is 40.7 Å². The number of rotatable bonds is 5. The SMILES string of the molecule is OC(CNCC1CSCCS1)c1ccccc1Cl. The minimum atomic E-state index is -0.528. The second kappa shape index (κ2) is 7.65. The van der Waals surface area contributed by atoms with E-state index in [1.54, 1.807) is 0 Å². The summed E-state index contributed by atoms with van der Waals surface area (Å²) in [5.41, 5.74) is 0.803. The van der Waals surface area contributed by atoms with Crippen LogP contribution in [0.1, 0.15) is 11.7 Å². The molecule has 1 aliphatic rings. The maximum atomic E-state index is 10.1. The van der Waals surface area contributed by atoms with Gasteiger partial charge in [-0.3, -0.25) is 0 Å². The molecule has 1 aromatic rings. The number of aliphatic hydroxyl groups excluding tert-OH is 1. The molecular formula is C13H18ClNOS2. The maximum Gasteiger partial charge on any atom is 0.0928 e. The summed E-state index contributed by atoms with van der Waals surface area (Å²) in [5.74, 6) is 3.72. The third kappa shape index (κ3) is 4.35. The molecular weight excluding hydrogens is 286 g/mol. The van der Waals surface area contributed by atoms with E-state index in [4.69, 9.17) is 11.6 Å². The highest BCUT2D eigenvalue weighted by Gasteiger charge is 2.15. The Morgan fingerprint density at radius 2 is 2.22 bits per heavy atom. The summed E-state index contributed by atoms with van der Waals surface area (Å²) in [4.78, 5) is 0. The number of benzene rings is 1. The minimum absolute atomic E-state index is 0.528. The molecule has 0 saturated carbocycles. The Morgan fingerprint density at radius 3 is 2.94 bits per heavy atom. The van der Waals surface area contributed by atoms with Crippen LogP contribution in [0.15, 0.2) is 24.3 Å². The summed E-state index contributed by atoms with van der Waals surface area (Å²) in [6, 6.07) is 7.47. The van der Waals surface area contributed by atoms with E-state index in [9.17, 15) is 5.11 Å². The monoisotopic (exact) mass is 303 g/mol. The van der Waals surface area contributed by atoms with Gasteiger partial charge in [0.05, 0.1) is 6.10 Å². The number of thioether (sulfide) groups is 2. The molecule has 2 N–H and O–H groups in total. The smallest absolute Gasteiger partial charge is 0.0928 e. The van der Waals surface area contributed by atoms with Crippen molar-refractivity contribution in [1.82, 2.24) is 5.32 Å². The summed E-state index contributed by atoms with van der Waals surface area (Å²) in [6.07, 6.45) is -0.528. The van der Waals surface area contributed by atoms with Crippen LogP contribution >= 0.6 is 35.1 Å². The molecule has 0 bridgehead atoms. The van der Waals surface area contributed by atoms with Crippen molar-refractivity contribution in [3.8, 4) is 0 Å². The molecule has 1 heterocycles. The molecule has 2 nitrogen and oxygen atoms in total. The van der Waals surface area contributed by atoms with Crippen molar-refractivity contribution in [3.63, 3.8) is 0 Å². The van der Waals surface area contributed by atoms with Gasteiger partial charge in [-0.2, -0.15) is 23.5 Å². The van der Waals surface area contributed by atoms with Gasteiger partial charge in [-0.05, 0) is 6.07 Å². The summed E-state index contributed by atoms with van der Waals surface area (Å²) < 4.78 is 0. The van der Waals surface area contributed by atoms with Gasteiger partial charge in [-0.1, -0.05) is 29.8 Å². The third-order valence-corrected chi connectivity index (χ3v) is 6.05. The summed E-state index contributed by atoms with van der Waals surface area (Å²) in [6.45, 7) is 1.52. The van der Waals surface area contributed by atoms with Crippen LogP contribution < -0.4 is 5.32 Å². The fourth-order valence-corrected chi connectivity index (χ4v) is 4.80. The molecule has 1 aliphatic heterocycles. The second-order valence-electron chi connectivity index (χ2n) is 4.26. The Bertz CT molecular complexity index is 372. The zero-order chi connectivity index (χ0) is 12.8. The van der Waals surface area contributed by atoms with Gasteiger partial charge in [-0.15, -0.1) is 0 Å². The number of hydrogen-bond donors (Lipinski definition) is 2. The molecule has 1 saturated heterocycles. The van der Waals surface area contributed by atoms with Crippen molar-refractivity contribution in [2.24, 2.45) is 0 Å². The predicted octanol–water partition coefficient (Wildman–Crippen LogP) is 2.81. The number of hydrogen-bond acceptors (Lipinski definition) is 4. The lowest BCUT2D eigenvalue weighted by atomic mass is 10.1. The Kier molecular flexibility index (Phi) is 6.18. The van der Waals surface area contributed by atoms with E-state index in [0.29, 0.717) is 16.8 Å². The van der Waals surface area contributed by atoms with Crippen molar-refractivity contribution in [1.29, 1.82) is 0 Å². The van der Waals surface area contributed by atoms with Gasteiger partial charge in [0.15, 0.2) is 0 Å². The lowest BCUT2D eigenvalue weighted by Crippen LogP contribution is -2.31. The van der Waals surface area contributed by atoms with E-state index < -0.39 is 6.10 Å². The zero-order valence-corrected chi connectivity index (χ0v) is 12.5. The van der Waals surface area contributed by atoms with Crippen LogP contribution in [0.4, 0.5) is 0 Å². The van der Waals surface area contributed by atoms with E-state index in [2.05, 4.69) is 5.32 Å². The molecule has 0 aliphatic carbocycles. The highest BCUT2D eigenvalue weighted by atomic mass is 35.5. The van der Waals surface area contributed by atoms with Crippen LogP contribution in [0.3, 0.4) is 0 Å². The van der Waals surface area contributed by atoms with Gasteiger partial charge >= 0.3 is 0 Å².